The maximum absolute atomic E-state index is 12.1. The molecule has 96 valence electrons. The van der Waals surface area contributed by atoms with E-state index in [2.05, 4.69) is 31.2 Å². The Morgan fingerprint density at radius 2 is 2.18 bits per heavy atom. The molecule has 2 heterocycles. The maximum atomic E-state index is 12.1. The van der Waals surface area contributed by atoms with Crippen molar-refractivity contribution in [2.75, 3.05) is 6.54 Å². The molecule has 1 aromatic rings. The number of aromatic nitrogens is 3. The number of fused-ring (bicyclic) bond motifs is 1. The van der Waals surface area contributed by atoms with Gasteiger partial charge < -0.3 is 5.32 Å². The van der Waals surface area contributed by atoms with Crippen LogP contribution in [0.4, 0.5) is 0 Å². The third kappa shape index (κ3) is 2.77. The zero-order valence-electron chi connectivity index (χ0n) is 10.9. The summed E-state index contributed by atoms with van der Waals surface area (Å²) in [5, 5.41) is 7.63. The largest absolute Gasteiger partial charge is 0.346 e. The molecule has 1 aromatic heterocycles. The topological polar surface area (TPSA) is 51.9 Å². The van der Waals surface area contributed by atoms with Gasteiger partial charge in [-0.15, -0.1) is 0 Å². The van der Waals surface area contributed by atoms with Crippen molar-refractivity contribution in [2.24, 2.45) is 11.8 Å². The minimum absolute atomic E-state index is 0.0529. The van der Waals surface area contributed by atoms with Crippen LogP contribution in [0, 0.1) is 11.8 Å². The van der Waals surface area contributed by atoms with Gasteiger partial charge in [-0.05, 0) is 18.3 Å². The Hall–Kier alpha value is -1.10. The van der Waals surface area contributed by atoms with Crippen LogP contribution >= 0.6 is 0 Å². The lowest BCUT2D eigenvalue weighted by Gasteiger charge is -2.12. The summed E-state index contributed by atoms with van der Waals surface area (Å²) in [7, 11) is 0. The van der Waals surface area contributed by atoms with E-state index in [4.69, 9.17) is 0 Å². The van der Waals surface area contributed by atoms with Crippen molar-refractivity contribution in [3.05, 3.63) is 16.3 Å². The van der Waals surface area contributed by atoms with Crippen LogP contribution in [0.15, 0.2) is 4.79 Å². The number of hydrogen-bond donors (Lipinski definition) is 1. The molecule has 5 heteroatoms. The molecule has 0 amide bonds. The van der Waals surface area contributed by atoms with Crippen molar-refractivity contribution in [3.8, 4) is 0 Å². The maximum Gasteiger partial charge on any atom is 0.346 e. The van der Waals surface area contributed by atoms with E-state index in [1.54, 1.807) is 9.25 Å². The molecule has 0 saturated carbocycles. The average molecular weight is 238 g/mol. The predicted molar refractivity (Wildman–Crippen MR) is 66.8 cm³/mol. The molecule has 0 saturated heterocycles. The lowest BCUT2D eigenvalue weighted by Crippen LogP contribution is -2.34. The van der Waals surface area contributed by atoms with Gasteiger partial charge in [0.1, 0.15) is 5.82 Å². The molecule has 17 heavy (non-hydrogen) atoms. The van der Waals surface area contributed by atoms with E-state index < -0.39 is 0 Å². The number of nitrogens with zero attached hydrogens (tertiary/aromatic N) is 3. The fourth-order valence-corrected chi connectivity index (χ4v) is 2.53. The third-order valence-corrected chi connectivity index (χ3v) is 3.15. The van der Waals surface area contributed by atoms with Crippen molar-refractivity contribution >= 4 is 0 Å². The molecule has 0 aliphatic carbocycles. The van der Waals surface area contributed by atoms with Crippen molar-refractivity contribution in [3.63, 3.8) is 0 Å². The molecule has 0 spiro atoms. The fraction of sp³-hybridized carbons (Fsp3) is 0.833. The van der Waals surface area contributed by atoms with Crippen molar-refractivity contribution in [1.29, 1.82) is 0 Å². The number of hydrogen-bond acceptors (Lipinski definition) is 3. The monoisotopic (exact) mass is 238 g/mol. The molecular weight excluding hydrogens is 216 g/mol. The molecule has 0 bridgehead atoms. The van der Waals surface area contributed by atoms with Gasteiger partial charge in [0.2, 0.25) is 0 Å². The first-order chi connectivity index (χ1) is 8.08. The van der Waals surface area contributed by atoms with Gasteiger partial charge in [0.05, 0.1) is 6.54 Å². The average Bonchev–Trinajstić information content (AvgIpc) is 2.55. The summed E-state index contributed by atoms with van der Waals surface area (Å²) in [6.45, 7) is 9.65. The molecule has 0 fully saturated rings. The molecule has 1 atom stereocenters. The first-order valence-corrected chi connectivity index (χ1v) is 6.45. The lowest BCUT2D eigenvalue weighted by atomic mass is 9.99. The minimum atomic E-state index is 0.0529. The first-order valence-electron chi connectivity index (χ1n) is 6.45. The van der Waals surface area contributed by atoms with Gasteiger partial charge in [-0.1, -0.05) is 20.8 Å². The molecule has 1 aliphatic heterocycles. The van der Waals surface area contributed by atoms with E-state index in [0.717, 1.165) is 31.9 Å². The van der Waals surface area contributed by atoms with Crippen LogP contribution in [0.3, 0.4) is 0 Å². The van der Waals surface area contributed by atoms with E-state index in [-0.39, 0.29) is 5.69 Å². The van der Waals surface area contributed by atoms with Gasteiger partial charge in [0, 0.05) is 19.6 Å². The molecule has 2 rings (SSSR count). The molecular formula is C12H22N4O. The molecule has 1 aliphatic rings. The summed E-state index contributed by atoms with van der Waals surface area (Å²) in [6.07, 6.45) is 1.13. The highest BCUT2D eigenvalue weighted by Gasteiger charge is 2.17. The van der Waals surface area contributed by atoms with Crippen LogP contribution in [-0.4, -0.2) is 20.9 Å². The second kappa shape index (κ2) is 5.04. The first kappa shape index (κ1) is 12.4. The predicted octanol–water partition coefficient (Wildman–Crippen LogP) is 0.830. The molecule has 0 aromatic carbocycles. The lowest BCUT2D eigenvalue weighted by molar-refractivity contribution is 0.366. The van der Waals surface area contributed by atoms with Crippen LogP contribution in [0.5, 0.6) is 0 Å². The summed E-state index contributed by atoms with van der Waals surface area (Å²) in [5.41, 5.74) is 0.0529. The smallest absolute Gasteiger partial charge is 0.308 e. The molecule has 1 N–H and O–H groups in total. The Morgan fingerprint density at radius 1 is 1.41 bits per heavy atom. The van der Waals surface area contributed by atoms with Crippen LogP contribution in [0.25, 0.3) is 0 Å². The molecule has 5 nitrogen and oxygen atoms in total. The third-order valence-electron chi connectivity index (χ3n) is 3.15. The van der Waals surface area contributed by atoms with Crippen LogP contribution in [0.2, 0.25) is 0 Å². The summed E-state index contributed by atoms with van der Waals surface area (Å²) in [4.78, 5) is 12.1. The normalized spacial score (nSPS) is 17.2. The van der Waals surface area contributed by atoms with Gasteiger partial charge in [-0.2, -0.15) is 5.10 Å². The highest BCUT2D eigenvalue weighted by Crippen LogP contribution is 2.12. The Kier molecular flexibility index (Phi) is 3.66. The quantitative estimate of drug-likeness (QED) is 0.845. The van der Waals surface area contributed by atoms with Crippen LogP contribution in [0.1, 0.15) is 33.0 Å². The van der Waals surface area contributed by atoms with Crippen molar-refractivity contribution < 1.29 is 0 Å². The minimum Gasteiger partial charge on any atom is -0.308 e. The van der Waals surface area contributed by atoms with Gasteiger partial charge in [0.25, 0.3) is 0 Å². The molecule has 1 unspecified atom stereocenters. The van der Waals surface area contributed by atoms with Crippen LogP contribution in [-0.2, 0) is 19.6 Å². The van der Waals surface area contributed by atoms with E-state index in [1.807, 2.05) is 0 Å². The fourth-order valence-electron chi connectivity index (χ4n) is 2.53. The summed E-state index contributed by atoms with van der Waals surface area (Å²) >= 11 is 0. The Morgan fingerprint density at radius 3 is 2.82 bits per heavy atom. The van der Waals surface area contributed by atoms with E-state index in [1.165, 1.54) is 0 Å². The second-order valence-corrected chi connectivity index (χ2v) is 5.44. The van der Waals surface area contributed by atoms with E-state index in [9.17, 15) is 4.79 Å². The number of rotatable bonds is 4. The van der Waals surface area contributed by atoms with Gasteiger partial charge >= 0.3 is 5.69 Å². The van der Waals surface area contributed by atoms with Crippen molar-refractivity contribution in [2.45, 2.75) is 46.8 Å². The Bertz CT molecular complexity index is 432. The highest BCUT2D eigenvalue weighted by atomic mass is 16.2. The zero-order valence-corrected chi connectivity index (χ0v) is 10.9. The summed E-state index contributed by atoms with van der Waals surface area (Å²) in [5.74, 6) is 2.04. The zero-order chi connectivity index (χ0) is 12.4. The number of nitrogens with one attached hydrogen (secondary N) is 1. The van der Waals surface area contributed by atoms with E-state index in [0.29, 0.717) is 18.4 Å². The Labute approximate surface area is 102 Å². The van der Waals surface area contributed by atoms with Gasteiger partial charge in [0.15, 0.2) is 0 Å². The highest BCUT2D eigenvalue weighted by molar-refractivity contribution is 4.90. The standard InChI is InChI=1S/C12H22N4O/c1-9(2)6-10(3)8-16-12(17)15-5-4-13-7-11(15)14-16/h9-10,13H,4-8H2,1-3H3. The SMILES string of the molecule is CC(C)CC(C)Cn1nc2n(c1=O)CCNC2. The second-order valence-electron chi connectivity index (χ2n) is 5.44. The summed E-state index contributed by atoms with van der Waals surface area (Å²) in [6, 6.07) is 0. The Balaban J connectivity index is 2.11. The van der Waals surface area contributed by atoms with Crippen LogP contribution < -0.4 is 11.0 Å². The van der Waals surface area contributed by atoms with Crippen molar-refractivity contribution in [1.82, 2.24) is 19.7 Å². The van der Waals surface area contributed by atoms with Gasteiger partial charge in [-0.25, -0.2) is 9.48 Å². The van der Waals surface area contributed by atoms with Gasteiger partial charge in [-0.3, -0.25) is 4.57 Å². The molecule has 0 radical (unpaired) electrons. The van der Waals surface area contributed by atoms with E-state index >= 15 is 0 Å². The summed E-state index contributed by atoms with van der Waals surface area (Å²) < 4.78 is 3.42.